The number of hydrogen-bond donors (Lipinski definition) is 1. The van der Waals surface area contributed by atoms with E-state index >= 15 is 0 Å². The average molecular weight is 379 g/mol. The Labute approximate surface area is 149 Å². The molecule has 0 spiro atoms. The number of carbonyl (C=O) groups is 1. The van der Waals surface area contributed by atoms with E-state index in [0.717, 1.165) is 21.7 Å². The summed E-state index contributed by atoms with van der Waals surface area (Å²) in [5, 5.41) is 8.13. The Morgan fingerprint density at radius 1 is 1.12 bits per heavy atom. The van der Waals surface area contributed by atoms with E-state index in [1.165, 1.54) is 35.6 Å². The molecule has 0 saturated carbocycles. The number of rotatable bonds is 4. The third kappa shape index (κ3) is 3.99. The lowest BCUT2D eigenvalue weighted by molar-refractivity contribution is -0.137. The van der Waals surface area contributed by atoms with Gasteiger partial charge in [0.2, 0.25) is 5.91 Å². The highest BCUT2D eigenvalue weighted by molar-refractivity contribution is 7.13. The molecule has 0 aliphatic carbocycles. The quantitative estimate of drug-likeness (QED) is 0.753. The Kier molecular flexibility index (Phi) is 4.90. The molecule has 1 N–H and O–H groups in total. The van der Waals surface area contributed by atoms with E-state index in [2.05, 4.69) is 10.4 Å². The van der Waals surface area contributed by atoms with Crippen LogP contribution < -0.4 is 10.9 Å². The smallest absolute Gasteiger partial charge is 0.324 e. The number of benzene rings is 1. The van der Waals surface area contributed by atoms with E-state index in [4.69, 9.17) is 0 Å². The molecule has 9 heteroatoms. The van der Waals surface area contributed by atoms with Crippen molar-refractivity contribution in [3.05, 3.63) is 69.8 Å². The number of carbonyl (C=O) groups excluding carboxylic acids is 1. The van der Waals surface area contributed by atoms with Crippen LogP contribution in [0.2, 0.25) is 0 Å². The number of nitrogens with zero attached hydrogens (tertiary/aromatic N) is 2. The first-order valence-electron chi connectivity index (χ1n) is 7.43. The summed E-state index contributed by atoms with van der Waals surface area (Å²) >= 11 is 1.41. The number of para-hydroxylation sites is 1. The molecule has 0 saturated heterocycles. The van der Waals surface area contributed by atoms with Gasteiger partial charge >= 0.3 is 6.18 Å². The minimum absolute atomic E-state index is 0.368. The molecular formula is C17H12F3N3O2S. The summed E-state index contributed by atoms with van der Waals surface area (Å²) in [6, 6.07) is 11.1. The molecular weight excluding hydrogens is 367 g/mol. The van der Waals surface area contributed by atoms with Gasteiger partial charge in [0.15, 0.2) is 0 Å². The molecule has 1 aromatic carbocycles. The fourth-order valence-electron chi connectivity index (χ4n) is 2.28. The highest BCUT2D eigenvalue weighted by Crippen LogP contribution is 2.34. The van der Waals surface area contributed by atoms with Crippen LogP contribution in [0.3, 0.4) is 0 Å². The predicted octanol–water partition coefficient (Wildman–Crippen LogP) is 3.63. The zero-order valence-electron chi connectivity index (χ0n) is 13.2. The molecule has 0 aliphatic heterocycles. The highest BCUT2D eigenvalue weighted by Gasteiger charge is 2.33. The summed E-state index contributed by atoms with van der Waals surface area (Å²) in [6.45, 7) is -0.496. The van der Waals surface area contributed by atoms with Gasteiger partial charge < -0.3 is 5.32 Å². The van der Waals surface area contributed by atoms with E-state index < -0.39 is 29.8 Å². The van der Waals surface area contributed by atoms with E-state index in [1.807, 2.05) is 17.5 Å². The molecule has 3 aromatic rings. The van der Waals surface area contributed by atoms with Crippen molar-refractivity contribution in [2.24, 2.45) is 0 Å². The van der Waals surface area contributed by atoms with Crippen LogP contribution >= 0.6 is 11.3 Å². The number of hydrogen-bond acceptors (Lipinski definition) is 4. The Morgan fingerprint density at radius 3 is 2.58 bits per heavy atom. The van der Waals surface area contributed by atoms with Crippen molar-refractivity contribution in [3.63, 3.8) is 0 Å². The fourth-order valence-corrected chi connectivity index (χ4v) is 2.97. The van der Waals surface area contributed by atoms with Gasteiger partial charge in [0.25, 0.3) is 5.56 Å². The number of aromatic nitrogens is 2. The number of alkyl halides is 3. The molecule has 3 rings (SSSR count). The van der Waals surface area contributed by atoms with Gasteiger partial charge in [-0.15, -0.1) is 11.3 Å². The number of nitrogens with one attached hydrogen (secondary N) is 1. The zero-order valence-corrected chi connectivity index (χ0v) is 14.0. The molecule has 26 heavy (non-hydrogen) atoms. The Hall–Kier alpha value is -2.94. The van der Waals surface area contributed by atoms with Crippen LogP contribution in [0.25, 0.3) is 10.6 Å². The third-order valence-corrected chi connectivity index (χ3v) is 4.33. The van der Waals surface area contributed by atoms with Gasteiger partial charge in [0, 0.05) is 6.07 Å². The monoisotopic (exact) mass is 379 g/mol. The third-order valence-electron chi connectivity index (χ3n) is 3.44. The molecule has 0 aliphatic rings. The van der Waals surface area contributed by atoms with E-state index in [1.54, 1.807) is 0 Å². The standard InChI is InChI=1S/C17H12F3N3O2S/c18-17(19,20)11-4-1-2-5-12(11)21-15(24)10-23-16(25)8-7-13(22-23)14-6-3-9-26-14/h1-9H,10H2,(H,21,24). The second-order valence-corrected chi connectivity index (χ2v) is 6.23. The summed E-state index contributed by atoms with van der Waals surface area (Å²) in [6.07, 6.45) is -4.60. The SMILES string of the molecule is O=C(Cn1nc(-c2cccs2)ccc1=O)Nc1ccccc1C(F)(F)F. The van der Waals surface area contributed by atoms with Crippen LogP contribution in [-0.4, -0.2) is 15.7 Å². The minimum atomic E-state index is -4.60. The topological polar surface area (TPSA) is 64.0 Å². The summed E-state index contributed by atoms with van der Waals surface area (Å²) < 4.78 is 39.9. The predicted molar refractivity (Wildman–Crippen MR) is 91.9 cm³/mol. The van der Waals surface area contributed by atoms with Crippen LogP contribution in [-0.2, 0) is 17.5 Å². The number of thiophene rings is 1. The van der Waals surface area contributed by atoms with Crippen molar-refractivity contribution < 1.29 is 18.0 Å². The maximum absolute atomic E-state index is 13.0. The van der Waals surface area contributed by atoms with E-state index in [0.29, 0.717) is 5.69 Å². The summed E-state index contributed by atoms with van der Waals surface area (Å²) in [4.78, 5) is 24.8. The summed E-state index contributed by atoms with van der Waals surface area (Å²) in [5.74, 6) is -0.778. The lowest BCUT2D eigenvalue weighted by Crippen LogP contribution is -2.29. The van der Waals surface area contributed by atoms with Crippen molar-refractivity contribution in [1.82, 2.24) is 9.78 Å². The van der Waals surface area contributed by atoms with Crippen LogP contribution in [0.5, 0.6) is 0 Å². The van der Waals surface area contributed by atoms with Gasteiger partial charge in [-0.05, 0) is 29.6 Å². The van der Waals surface area contributed by atoms with Crippen molar-refractivity contribution in [3.8, 4) is 10.6 Å². The lowest BCUT2D eigenvalue weighted by Gasteiger charge is -2.13. The molecule has 0 radical (unpaired) electrons. The maximum atomic E-state index is 13.0. The van der Waals surface area contributed by atoms with Crippen LogP contribution in [0.1, 0.15) is 5.56 Å². The van der Waals surface area contributed by atoms with Gasteiger partial charge in [0.05, 0.1) is 16.1 Å². The molecule has 5 nitrogen and oxygen atoms in total. The van der Waals surface area contributed by atoms with E-state index in [9.17, 15) is 22.8 Å². The van der Waals surface area contributed by atoms with Crippen molar-refractivity contribution in [2.75, 3.05) is 5.32 Å². The lowest BCUT2D eigenvalue weighted by atomic mass is 10.1. The van der Waals surface area contributed by atoms with Gasteiger partial charge in [-0.1, -0.05) is 18.2 Å². The first-order valence-corrected chi connectivity index (χ1v) is 8.31. The molecule has 2 heterocycles. The van der Waals surface area contributed by atoms with Crippen molar-refractivity contribution in [1.29, 1.82) is 0 Å². The van der Waals surface area contributed by atoms with Gasteiger partial charge in [-0.3, -0.25) is 9.59 Å². The summed E-state index contributed by atoms with van der Waals surface area (Å²) in [7, 11) is 0. The average Bonchev–Trinajstić information content (AvgIpc) is 3.11. The molecule has 0 atom stereocenters. The first kappa shape index (κ1) is 17.9. The molecule has 1 amide bonds. The van der Waals surface area contributed by atoms with Crippen molar-refractivity contribution >= 4 is 22.9 Å². The van der Waals surface area contributed by atoms with Gasteiger partial charge in [-0.25, -0.2) is 4.68 Å². The molecule has 0 unspecified atom stereocenters. The maximum Gasteiger partial charge on any atom is 0.418 e. The minimum Gasteiger partial charge on any atom is -0.324 e. The molecule has 0 fully saturated rings. The van der Waals surface area contributed by atoms with Crippen LogP contribution in [0, 0.1) is 0 Å². The second kappa shape index (κ2) is 7.12. The normalized spacial score (nSPS) is 11.3. The largest absolute Gasteiger partial charge is 0.418 e. The number of halogens is 3. The Balaban J connectivity index is 1.82. The second-order valence-electron chi connectivity index (χ2n) is 5.28. The molecule has 2 aromatic heterocycles. The molecule has 134 valence electrons. The first-order chi connectivity index (χ1) is 12.3. The zero-order chi connectivity index (χ0) is 18.7. The number of amides is 1. The number of anilines is 1. The fraction of sp³-hybridized carbons (Fsp3) is 0.118. The summed E-state index contributed by atoms with van der Waals surface area (Å²) in [5.41, 5.74) is -1.35. The Bertz CT molecular complexity index is 981. The van der Waals surface area contributed by atoms with Gasteiger partial charge in [0.1, 0.15) is 12.2 Å². The molecule has 0 bridgehead atoms. The van der Waals surface area contributed by atoms with Gasteiger partial charge in [-0.2, -0.15) is 18.3 Å². The van der Waals surface area contributed by atoms with Crippen LogP contribution in [0.4, 0.5) is 18.9 Å². The van der Waals surface area contributed by atoms with Crippen molar-refractivity contribution in [2.45, 2.75) is 12.7 Å². The Morgan fingerprint density at radius 2 is 1.88 bits per heavy atom. The van der Waals surface area contributed by atoms with E-state index in [-0.39, 0.29) is 5.69 Å². The highest BCUT2D eigenvalue weighted by atomic mass is 32.1. The van der Waals surface area contributed by atoms with Crippen LogP contribution in [0.15, 0.2) is 58.7 Å².